The van der Waals surface area contributed by atoms with Gasteiger partial charge in [0.1, 0.15) is 11.5 Å². The van der Waals surface area contributed by atoms with E-state index in [1.165, 1.54) is 24.8 Å². The number of likely N-dealkylation sites (tertiary alicyclic amines) is 1. The molecule has 4 aromatic rings. The van der Waals surface area contributed by atoms with Crippen molar-refractivity contribution in [2.75, 3.05) is 0 Å². The maximum absolute atomic E-state index is 13.8. The molecule has 35 heavy (non-hydrogen) atoms. The summed E-state index contributed by atoms with van der Waals surface area (Å²) in [6.45, 7) is 5.54. The van der Waals surface area contributed by atoms with Crippen LogP contribution in [0.4, 0.5) is 0 Å². The van der Waals surface area contributed by atoms with Gasteiger partial charge in [0.15, 0.2) is 0 Å². The van der Waals surface area contributed by atoms with Crippen LogP contribution in [0.2, 0.25) is 0 Å². The molecule has 2 atom stereocenters. The van der Waals surface area contributed by atoms with Crippen molar-refractivity contribution in [2.45, 2.75) is 51.7 Å². The Balaban J connectivity index is 1.57. The SMILES string of the molecule is C[C@@H]1CCC[C@H](C)N1Cc1ccc(-n2c(=O)c(-c3cccc(C(=N)N)c3)nc3ccccc32)cc1. The fourth-order valence-electron chi connectivity index (χ4n) is 5.16. The Kier molecular flexibility index (Phi) is 6.22. The first kappa shape index (κ1) is 23.0. The van der Waals surface area contributed by atoms with Crippen molar-refractivity contribution in [2.24, 2.45) is 5.73 Å². The highest BCUT2D eigenvalue weighted by atomic mass is 16.1. The van der Waals surface area contributed by atoms with E-state index in [0.29, 0.717) is 28.9 Å². The number of nitrogens with one attached hydrogen (secondary N) is 1. The molecule has 0 bridgehead atoms. The minimum Gasteiger partial charge on any atom is -0.384 e. The van der Waals surface area contributed by atoms with Crippen LogP contribution in [0.5, 0.6) is 0 Å². The normalized spacial score (nSPS) is 18.6. The quantitative estimate of drug-likeness (QED) is 0.317. The lowest BCUT2D eigenvalue weighted by molar-refractivity contribution is 0.0953. The summed E-state index contributed by atoms with van der Waals surface area (Å²) < 4.78 is 1.73. The van der Waals surface area contributed by atoms with Crippen LogP contribution in [0.15, 0.2) is 77.6 Å². The summed E-state index contributed by atoms with van der Waals surface area (Å²) in [7, 11) is 0. The number of amidine groups is 1. The Bertz CT molecular complexity index is 1430. The summed E-state index contributed by atoms with van der Waals surface area (Å²) in [6, 6.07) is 24.3. The molecule has 6 nitrogen and oxygen atoms in total. The first-order valence-electron chi connectivity index (χ1n) is 12.2. The van der Waals surface area contributed by atoms with Gasteiger partial charge < -0.3 is 5.73 Å². The monoisotopic (exact) mass is 465 g/mol. The zero-order chi connectivity index (χ0) is 24.5. The van der Waals surface area contributed by atoms with Gasteiger partial charge in [0.2, 0.25) is 0 Å². The number of rotatable bonds is 5. The molecule has 3 N–H and O–H groups in total. The maximum Gasteiger partial charge on any atom is 0.282 e. The summed E-state index contributed by atoms with van der Waals surface area (Å²) in [5, 5.41) is 7.76. The first-order valence-corrected chi connectivity index (χ1v) is 12.2. The van der Waals surface area contributed by atoms with Crippen LogP contribution >= 0.6 is 0 Å². The summed E-state index contributed by atoms with van der Waals surface area (Å²) in [6.07, 6.45) is 3.79. The second-order valence-electron chi connectivity index (χ2n) is 9.55. The largest absolute Gasteiger partial charge is 0.384 e. The number of fused-ring (bicyclic) bond motifs is 1. The molecular weight excluding hydrogens is 434 g/mol. The van der Waals surface area contributed by atoms with Gasteiger partial charge in [0.25, 0.3) is 5.56 Å². The van der Waals surface area contributed by atoms with Gasteiger partial charge in [-0.05, 0) is 62.6 Å². The molecular formula is C29H31N5O. The highest BCUT2D eigenvalue weighted by Crippen LogP contribution is 2.26. The third kappa shape index (κ3) is 4.49. The fraction of sp³-hybridized carbons (Fsp3) is 0.276. The van der Waals surface area contributed by atoms with Crippen molar-refractivity contribution < 1.29 is 0 Å². The van der Waals surface area contributed by atoms with E-state index >= 15 is 0 Å². The van der Waals surface area contributed by atoms with E-state index in [4.69, 9.17) is 16.1 Å². The number of nitrogen functional groups attached to an aromatic ring is 1. The molecule has 1 fully saturated rings. The fourth-order valence-corrected chi connectivity index (χ4v) is 5.16. The van der Waals surface area contributed by atoms with Crippen molar-refractivity contribution in [3.05, 3.63) is 94.3 Å². The minimum atomic E-state index is -0.199. The van der Waals surface area contributed by atoms with Crippen LogP contribution in [0.25, 0.3) is 28.0 Å². The second kappa shape index (κ2) is 9.47. The second-order valence-corrected chi connectivity index (χ2v) is 9.55. The standard InChI is InChI=1S/C29H31N5O/c1-19-7-5-8-20(2)33(19)18-21-13-15-24(16-14-21)34-26-12-4-3-11-25(26)32-27(29(34)35)22-9-6-10-23(17-22)28(30)31/h3-4,6,9-17,19-20H,5,7-8,18H2,1-2H3,(H3,30,31)/t19-,20+. The van der Waals surface area contributed by atoms with Crippen LogP contribution < -0.4 is 11.3 Å². The molecule has 1 aromatic heterocycles. The number of nitrogens with zero attached hydrogens (tertiary/aromatic N) is 3. The van der Waals surface area contributed by atoms with Gasteiger partial charge in [0.05, 0.1) is 11.0 Å². The van der Waals surface area contributed by atoms with Crippen molar-refractivity contribution >= 4 is 16.9 Å². The van der Waals surface area contributed by atoms with Gasteiger partial charge in [-0.15, -0.1) is 0 Å². The van der Waals surface area contributed by atoms with E-state index in [1.807, 2.05) is 42.5 Å². The average molecular weight is 466 g/mol. The third-order valence-electron chi connectivity index (χ3n) is 7.14. The Morgan fingerprint density at radius 1 is 1.00 bits per heavy atom. The van der Waals surface area contributed by atoms with E-state index in [-0.39, 0.29) is 11.4 Å². The molecule has 0 amide bonds. The third-order valence-corrected chi connectivity index (χ3v) is 7.14. The minimum absolute atomic E-state index is 0.0408. The van der Waals surface area contributed by atoms with E-state index < -0.39 is 0 Å². The molecule has 6 heteroatoms. The van der Waals surface area contributed by atoms with E-state index in [9.17, 15) is 4.79 Å². The number of hydrogen-bond donors (Lipinski definition) is 2. The summed E-state index contributed by atoms with van der Waals surface area (Å²) in [4.78, 5) is 21.0. The van der Waals surface area contributed by atoms with Gasteiger partial charge in [-0.1, -0.05) is 48.9 Å². The molecule has 1 aliphatic heterocycles. The van der Waals surface area contributed by atoms with Crippen LogP contribution in [0.3, 0.4) is 0 Å². The van der Waals surface area contributed by atoms with E-state index in [2.05, 4.69) is 30.9 Å². The number of piperidine rings is 1. The number of para-hydroxylation sites is 2. The van der Waals surface area contributed by atoms with Gasteiger partial charge in [-0.3, -0.25) is 19.7 Å². The maximum atomic E-state index is 13.8. The van der Waals surface area contributed by atoms with Crippen molar-refractivity contribution in [3.63, 3.8) is 0 Å². The molecule has 178 valence electrons. The van der Waals surface area contributed by atoms with Crippen LogP contribution in [0, 0.1) is 5.41 Å². The molecule has 3 aromatic carbocycles. The number of aromatic nitrogens is 2. The lowest BCUT2D eigenvalue weighted by Crippen LogP contribution is -2.42. The topological polar surface area (TPSA) is 88.0 Å². The number of hydrogen-bond acceptors (Lipinski definition) is 4. The molecule has 1 saturated heterocycles. The summed E-state index contributed by atoms with van der Waals surface area (Å²) >= 11 is 0. The van der Waals surface area contributed by atoms with Crippen molar-refractivity contribution in [1.29, 1.82) is 5.41 Å². The number of nitrogens with two attached hydrogens (primary N) is 1. The Hall–Kier alpha value is -3.77. The molecule has 5 rings (SSSR count). The smallest absolute Gasteiger partial charge is 0.282 e. The molecule has 0 spiro atoms. The first-order chi connectivity index (χ1) is 16.9. The Morgan fingerprint density at radius 2 is 1.71 bits per heavy atom. The van der Waals surface area contributed by atoms with Crippen LogP contribution in [-0.2, 0) is 6.54 Å². The van der Waals surface area contributed by atoms with E-state index in [0.717, 1.165) is 23.3 Å². The molecule has 0 radical (unpaired) electrons. The van der Waals surface area contributed by atoms with Crippen LogP contribution in [0.1, 0.15) is 44.2 Å². The zero-order valence-corrected chi connectivity index (χ0v) is 20.2. The lowest BCUT2D eigenvalue weighted by atomic mass is 9.97. The van der Waals surface area contributed by atoms with Gasteiger partial charge >= 0.3 is 0 Å². The zero-order valence-electron chi connectivity index (χ0n) is 20.2. The highest BCUT2D eigenvalue weighted by molar-refractivity contribution is 5.96. The molecule has 1 aliphatic rings. The predicted molar refractivity (Wildman–Crippen MR) is 142 cm³/mol. The molecule has 0 aliphatic carbocycles. The summed E-state index contributed by atoms with van der Waals surface area (Å²) in [5.41, 5.74) is 10.6. The number of benzene rings is 3. The molecule has 0 unspecified atom stereocenters. The Labute approximate surface area is 205 Å². The van der Waals surface area contributed by atoms with Gasteiger partial charge in [0, 0.05) is 35.4 Å². The van der Waals surface area contributed by atoms with E-state index in [1.54, 1.807) is 22.8 Å². The van der Waals surface area contributed by atoms with Crippen molar-refractivity contribution in [3.8, 4) is 16.9 Å². The average Bonchev–Trinajstić information content (AvgIpc) is 2.86. The van der Waals surface area contributed by atoms with Gasteiger partial charge in [-0.2, -0.15) is 0 Å². The molecule has 2 heterocycles. The summed E-state index contributed by atoms with van der Waals surface area (Å²) in [5.74, 6) is -0.0408. The molecule has 0 saturated carbocycles. The van der Waals surface area contributed by atoms with Crippen LogP contribution in [-0.4, -0.2) is 32.4 Å². The van der Waals surface area contributed by atoms with Gasteiger partial charge in [-0.25, -0.2) is 4.98 Å². The van der Waals surface area contributed by atoms with Crippen molar-refractivity contribution in [1.82, 2.24) is 14.5 Å². The predicted octanol–water partition coefficient (Wildman–Crippen LogP) is 5.10. The highest BCUT2D eigenvalue weighted by Gasteiger charge is 2.24. The Morgan fingerprint density at radius 3 is 2.43 bits per heavy atom. The lowest BCUT2D eigenvalue weighted by Gasteiger charge is -2.39.